The van der Waals surface area contributed by atoms with Gasteiger partial charge in [-0.25, -0.2) is 4.98 Å². The number of nitrogens with zero attached hydrogens (tertiary/aromatic N) is 2. The average molecular weight is 353 g/mol. The lowest BCUT2D eigenvalue weighted by atomic mass is 9.99. The van der Waals surface area contributed by atoms with Gasteiger partial charge in [0.1, 0.15) is 11.6 Å². The maximum atomic E-state index is 12.1. The summed E-state index contributed by atoms with van der Waals surface area (Å²) < 4.78 is 5.49. The van der Waals surface area contributed by atoms with E-state index in [4.69, 9.17) is 4.74 Å². The Balaban J connectivity index is 1.53. The fraction of sp³-hybridized carbons (Fsp3) is 0.429. The zero-order valence-electron chi connectivity index (χ0n) is 15.6. The highest BCUT2D eigenvalue weighted by Crippen LogP contribution is 2.26. The molecule has 1 aliphatic heterocycles. The van der Waals surface area contributed by atoms with Gasteiger partial charge < -0.3 is 15.0 Å². The van der Waals surface area contributed by atoms with E-state index in [0.29, 0.717) is 17.6 Å². The van der Waals surface area contributed by atoms with Gasteiger partial charge in [-0.05, 0) is 56.9 Å². The first-order chi connectivity index (χ1) is 12.7. The fourth-order valence-electron chi connectivity index (χ4n) is 3.36. The number of benzene rings is 1. The summed E-state index contributed by atoms with van der Waals surface area (Å²) in [5.41, 5.74) is 2.29. The summed E-state index contributed by atoms with van der Waals surface area (Å²) in [6.45, 7) is 5.30. The van der Waals surface area contributed by atoms with Crippen molar-refractivity contribution in [3.63, 3.8) is 0 Å². The molecule has 1 amide bonds. The van der Waals surface area contributed by atoms with Gasteiger partial charge in [-0.3, -0.25) is 4.79 Å². The van der Waals surface area contributed by atoms with Crippen molar-refractivity contribution >= 4 is 17.4 Å². The normalized spacial score (nSPS) is 17.0. The zero-order chi connectivity index (χ0) is 18.4. The monoisotopic (exact) mass is 353 g/mol. The molecule has 0 bridgehead atoms. The molecule has 1 N–H and O–H groups in total. The second-order valence-electron chi connectivity index (χ2n) is 6.80. The Morgan fingerprint density at radius 2 is 2.04 bits per heavy atom. The zero-order valence-corrected chi connectivity index (χ0v) is 15.6. The molecule has 5 heteroatoms. The third kappa shape index (κ3) is 4.75. The number of aryl methyl sites for hydroxylation is 1. The van der Waals surface area contributed by atoms with Crippen molar-refractivity contribution in [2.75, 3.05) is 23.4 Å². The molecule has 5 nitrogen and oxygen atoms in total. The summed E-state index contributed by atoms with van der Waals surface area (Å²) in [6.07, 6.45) is 6.77. The number of amides is 1. The lowest BCUT2D eigenvalue weighted by Crippen LogP contribution is -2.39. The average Bonchev–Trinajstić information content (AvgIpc) is 2.68. The van der Waals surface area contributed by atoms with Crippen molar-refractivity contribution in [3.8, 4) is 5.75 Å². The third-order valence-electron chi connectivity index (χ3n) is 4.84. The molecular weight excluding hydrogens is 326 g/mol. The number of hydrogen-bond donors (Lipinski definition) is 1. The van der Waals surface area contributed by atoms with E-state index in [0.717, 1.165) is 24.2 Å². The molecule has 1 atom stereocenters. The first-order valence-corrected chi connectivity index (χ1v) is 9.37. The number of ether oxygens (including phenoxy) is 1. The molecule has 1 aliphatic rings. The number of piperidine rings is 1. The van der Waals surface area contributed by atoms with E-state index in [2.05, 4.69) is 22.1 Å². The van der Waals surface area contributed by atoms with Crippen LogP contribution in [-0.4, -0.2) is 30.1 Å². The van der Waals surface area contributed by atoms with Gasteiger partial charge in [0.2, 0.25) is 0 Å². The number of carbonyl (C=O) groups is 1. The quantitative estimate of drug-likeness (QED) is 0.846. The largest absolute Gasteiger partial charge is 0.484 e. The third-order valence-corrected chi connectivity index (χ3v) is 4.84. The van der Waals surface area contributed by atoms with Gasteiger partial charge in [-0.2, -0.15) is 0 Å². The minimum absolute atomic E-state index is 0.0312. The van der Waals surface area contributed by atoms with E-state index in [1.807, 2.05) is 49.5 Å². The number of rotatable bonds is 6. The Morgan fingerprint density at radius 3 is 2.73 bits per heavy atom. The molecule has 1 fully saturated rings. The molecule has 1 saturated heterocycles. The lowest BCUT2D eigenvalue weighted by Gasteiger charge is -2.37. The predicted molar refractivity (Wildman–Crippen MR) is 105 cm³/mol. The highest BCUT2D eigenvalue weighted by Gasteiger charge is 2.21. The Hall–Kier alpha value is -2.56. The van der Waals surface area contributed by atoms with E-state index in [1.165, 1.54) is 19.3 Å². The smallest absolute Gasteiger partial charge is 0.263 e. The van der Waals surface area contributed by atoms with Crippen LogP contribution in [0.5, 0.6) is 5.75 Å². The van der Waals surface area contributed by atoms with Crippen LogP contribution >= 0.6 is 0 Å². The molecule has 0 saturated carbocycles. The van der Waals surface area contributed by atoms with E-state index >= 15 is 0 Å². The van der Waals surface area contributed by atoms with Crippen LogP contribution in [0.15, 0.2) is 42.6 Å². The number of anilines is 2. The second-order valence-corrected chi connectivity index (χ2v) is 6.80. The van der Waals surface area contributed by atoms with E-state index in [-0.39, 0.29) is 12.5 Å². The molecule has 0 aliphatic carbocycles. The lowest BCUT2D eigenvalue weighted by molar-refractivity contribution is -0.118. The summed E-state index contributed by atoms with van der Waals surface area (Å²) in [5, 5.41) is 2.79. The van der Waals surface area contributed by atoms with Gasteiger partial charge in [0.05, 0.1) is 11.9 Å². The molecule has 1 aromatic carbocycles. The summed E-state index contributed by atoms with van der Waals surface area (Å²) in [6, 6.07) is 12.1. The van der Waals surface area contributed by atoms with Gasteiger partial charge in [0.25, 0.3) is 5.91 Å². The molecule has 1 aromatic heterocycles. The molecular formula is C21H27N3O2. The van der Waals surface area contributed by atoms with Crippen LogP contribution in [0.3, 0.4) is 0 Å². The second kappa shape index (κ2) is 8.70. The van der Waals surface area contributed by atoms with Crippen LogP contribution in [-0.2, 0) is 4.79 Å². The Morgan fingerprint density at radius 1 is 1.23 bits per heavy atom. The SMILES string of the molecule is CCC1CCCCN1c1ccc(NC(=O)COc2ccc(C)cc2)nc1. The van der Waals surface area contributed by atoms with Gasteiger partial charge in [0, 0.05) is 12.6 Å². The minimum Gasteiger partial charge on any atom is -0.484 e. The van der Waals surface area contributed by atoms with Crippen LogP contribution in [0, 0.1) is 6.92 Å². The van der Waals surface area contributed by atoms with Crippen molar-refractivity contribution < 1.29 is 9.53 Å². The number of nitrogens with one attached hydrogen (secondary N) is 1. The van der Waals surface area contributed by atoms with E-state index < -0.39 is 0 Å². The summed E-state index contributed by atoms with van der Waals surface area (Å²) in [7, 11) is 0. The fourth-order valence-corrected chi connectivity index (χ4v) is 3.36. The van der Waals surface area contributed by atoms with Crippen LogP contribution in [0.1, 0.15) is 38.2 Å². The summed E-state index contributed by atoms with van der Waals surface area (Å²) >= 11 is 0. The van der Waals surface area contributed by atoms with Crippen LogP contribution < -0.4 is 15.0 Å². The van der Waals surface area contributed by atoms with Gasteiger partial charge >= 0.3 is 0 Å². The highest BCUT2D eigenvalue weighted by molar-refractivity contribution is 5.91. The molecule has 26 heavy (non-hydrogen) atoms. The van der Waals surface area contributed by atoms with E-state index in [9.17, 15) is 4.79 Å². The van der Waals surface area contributed by atoms with Gasteiger partial charge in [-0.15, -0.1) is 0 Å². The first-order valence-electron chi connectivity index (χ1n) is 9.37. The van der Waals surface area contributed by atoms with Crippen molar-refractivity contribution in [1.82, 2.24) is 4.98 Å². The Kier molecular flexibility index (Phi) is 6.10. The van der Waals surface area contributed by atoms with Crippen molar-refractivity contribution in [1.29, 1.82) is 0 Å². The molecule has 0 spiro atoms. The number of pyridine rings is 1. The standard InChI is InChI=1S/C21H27N3O2/c1-3-17-6-4-5-13-24(17)18-9-12-20(22-14-18)23-21(25)15-26-19-10-7-16(2)8-11-19/h7-12,14,17H,3-6,13,15H2,1-2H3,(H,22,23,25). The first kappa shape index (κ1) is 18.2. The van der Waals surface area contributed by atoms with E-state index in [1.54, 1.807) is 0 Å². The minimum atomic E-state index is -0.213. The Labute approximate surface area is 155 Å². The topological polar surface area (TPSA) is 54.5 Å². The van der Waals surface area contributed by atoms with Gasteiger partial charge in [0.15, 0.2) is 6.61 Å². The summed E-state index contributed by atoms with van der Waals surface area (Å²) in [4.78, 5) is 18.9. The van der Waals surface area contributed by atoms with Crippen molar-refractivity contribution in [3.05, 3.63) is 48.2 Å². The molecule has 2 heterocycles. The highest BCUT2D eigenvalue weighted by atomic mass is 16.5. The molecule has 2 aromatic rings. The number of aromatic nitrogens is 1. The molecule has 138 valence electrons. The number of hydrogen-bond acceptors (Lipinski definition) is 4. The predicted octanol–water partition coefficient (Wildman–Crippen LogP) is 4.18. The van der Waals surface area contributed by atoms with Crippen LogP contribution in [0.4, 0.5) is 11.5 Å². The maximum Gasteiger partial charge on any atom is 0.263 e. The molecule has 3 rings (SSSR count). The maximum absolute atomic E-state index is 12.1. The van der Waals surface area contributed by atoms with Crippen LogP contribution in [0.25, 0.3) is 0 Å². The van der Waals surface area contributed by atoms with Crippen molar-refractivity contribution in [2.24, 2.45) is 0 Å². The van der Waals surface area contributed by atoms with Crippen LogP contribution in [0.2, 0.25) is 0 Å². The van der Waals surface area contributed by atoms with Gasteiger partial charge in [-0.1, -0.05) is 24.6 Å². The number of carbonyl (C=O) groups excluding carboxylic acids is 1. The molecule has 1 unspecified atom stereocenters. The van der Waals surface area contributed by atoms with Crippen molar-refractivity contribution in [2.45, 2.75) is 45.6 Å². The molecule has 0 radical (unpaired) electrons. The Bertz CT molecular complexity index is 713. The summed E-state index contributed by atoms with van der Waals surface area (Å²) in [5.74, 6) is 1.02.